The van der Waals surface area contributed by atoms with Crippen LogP contribution < -0.4 is 24.2 Å². The summed E-state index contributed by atoms with van der Waals surface area (Å²) < 4.78 is 20.5. The van der Waals surface area contributed by atoms with Crippen LogP contribution in [0.15, 0.2) is 109 Å². The summed E-state index contributed by atoms with van der Waals surface area (Å²) in [6, 6.07) is 34.4. The molecule has 1 aromatic heterocycles. The molecule has 0 radical (unpaired) electrons. The van der Waals surface area contributed by atoms with Gasteiger partial charge in [-0.2, -0.15) is 0 Å². The Morgan fingerprint density at radius 2 is 0.980 bits per heavy atom. The second-order valence-electron chi connectivity index (χ2n) is 17.3. The molecule has 6 heteroatoms. The zero-order chi connectivity index (χ0) is 37.2. The molecule has 0 spiro atoms. The van der Waals surface area contributed by atoms with E-state index in [0.29, 0.717) is 5.75 Å². The van der Waals surface area contributed by atoms with Crippen LogP contribution in [-0.4, -0.2) is 4.98 Å². The number of aromatic nitrogens is 1. The molecule has 0 saturated carbocycles. The third kappa shape index (κ3) is 9.40. The first-order chi connectivity index (χ1) is 23.8. The van der Waals surface area contributed by atoms with Gasteiger partial charge in [-0.3, -0.25) is 4.98 Å². The number of hydrogen-bond acceptors (Lipinski definition) is 4. The third-order valence-corrected chi connectivity index (χ3v) is 11.4. The minimum Gasteiger partial charge on any atom is -0.464 e. The third-order valence-electron chi connectivity index (χ3n) is 8.92. The van der Waals surface area contributed by atoms with Gasteiger partial charge in [0.15, 0.2) is 8.15 Å². The first kappa shape index (κ1) is 38.5. The number of hydrogen-bond donors (Lipinski definition) is 0. The molecule has 268 valence electrons. The molecule has 1 heterocycles. The van der Waals surface area contributed by atoms with Gasteiger partial charge in [0.1, 0.15) is 17.2 Å². The van der Waals surface area contributed by atoms with Gasteiger partial charge in [-0.15, -0.1) is 0 Å². The lowest BCUT2D eigenvalue weighted by atomic mass is 9.75. The van der Waals surface area contributed by atoms with E-state index in [1.807, 2.05) is 12.1 Å². The summed E-state index contributed by atoms with van der Waals surface area (Å²) in [5.74, 6) is 2.38. The SMILES string of the molecule is CC(C)(C)c1cc(-c2cc(C(C)(C)C)cc(C(C)(C)C)c2OP(c2ccccc2)c2ccccc2)c(OPOc2cccnc2)c(C(C)(C)C)c1. The quantitative estimate of drug-likeness (QED) is 0.142. The Morgan fingerprint density at radius 3 is 1.41 bits per heavy atom. The first-order valence-electron chi connectivity index (χ1n) is 17.8. The molecular weight excluding hydrogens is 664 g/mol. The highest BCUT2D eigenvalue weighted by Gasteiger charge is 2.33. The van der Waals surface area contributed by atoms with Crippen LogP contribution in [0.5, 0.6) is 17.2 Å². The Bertz CT molecular complexity index is 1880. The molecule has 0 fully saturated rings. The lowest BCUT2D eigenvalue weighted by molar-refractivity contribution is 0.489. The molecule has 4 nitrogen and oxygen atoms in total. The van der Waals surface area contributed by atoms with Crippen LogP contribution in [0.3, 0.4) is 0 Å². The van der Waals surface area contributed by atoms with E-state index in [2.05, 4.69) is 173 Å². The van der Waals surface area contributed by atoms with Crippen molar-refractivity contribution >= 4 is 27.8 Å². The van der Waals surface area contributed by atoms with Crippen molar-refractivity contribution in [2.75, 3.05) is 0 Å². The molecule has 4 aromatic carbocycles. The Hall–Kier alpha value is -3.71. The van der Waals surface area contributed by atoms with Crippen molar-refractivity contribution in [3.63, 3.8) is 0 Å². The Kier molecular flexibility index (Phi) is 11.4. The van der Waals surface area contributed by atoms with Crippen LogP contribution in [0.25, 0.3) is 11.1 Å². The van der Waals surface area contributed by atoms with Gasteiger partial charge in [0, 0.05) is 39.1 Å². The van der Waals surface area contributed by atoms with E-state index >= 15 is 0 Å². The van der Waals surface area contributed by atoms with Crippen LogP contribution in [0.1, 0.15) is 105 Å². The van der Waals surface area contributed by atoms with Crippen LogP contribution in [0.4, 0.5) is 0 Å². The lowest BCUT2D eigenvalue weighted by Gasteiger charge is -2.33. The topological polar surface area (TPSA) is 40.6 Å². The van der Waals surface area contributed by atoms with Crippen LogP contribution in [0, 0.1) is 0 Å². The predicted octanol–water partition coefficient (Wildman–Crippen LogP) is 12.3. The van der Waals surface area contributed by atoms with Gasteiger partial charge in [-0.05, 0) is 57.1 Å². The summed E-state index contributed by atoms with van der Waals surface area (Å²) in [5, 5.41) is 2.32. The Labute approximate surface area is 310 Å². The van der Waals surface area contributed by atoms with Gasteiger partial charge in [0.25, 0.3) is 9.03 Å². The molecule has 5 rings (SSSR count). The molecule has 5 aromatic rings. The van der Waals surface area contributed by atoms with E-state index in [0.717, 1.165) is 38.8 Å². The Balaban J connectivity index is 1.86. The largest absolute Gasteiger partial charge is 0.464 e. The smallest absolute Gasteiger partial charge is 0.275 e. The molecule has 1 atom stereocenters. The minimum absolute atomic E-state index is 0.113. The molecular formula is C45H55NO3P2. The maximum atomic E-state index is 7.55. The molecule has 0 amide bonds. The normalized spacial score (nSPS) is 12.8. The molecule has 1 unspecified atom stereocenters. The number of nitrogens with zero attached hydrogens (tertiary/aromatic N) is 1. The summed E-state index contributed by atoms with van der Waals surface area (Å²) in [6.07, 6.45) is 3.46. The predicted molar refractivity (Wildman–Crippen MR) is 220 cm³/mol. The molecule has 51 heavy (non-hydrogen) atoms. The fraction of sp³-hybridized carbons (Fsp3) is 0.356. The summed E-state index contributed by atoms with van der Waals surface area (Å²) >= 11 is 0. The maximum Gasteiger partial charge on any atom is 0.275 e. The molecule has 0 aliphatic carbocycles. The van der Waals surface area contributed by atoms with E-state index in [-0.39, 0.29) is 30.7 Å². The summed E-state index contributed by atoms with van der Waals surface area (Å²) in [7, 11) is -1.49. The molecule has 0 aliphatic heterocycles. The molecule has 0 aliphatic rings. The minimum atomic E-state index is -1.22. The van der Waals surface area contributed by atoms with Crippen molar-refractivity contribution < 1.29 is 13.6 Å². The van der Waals surface area contributed by atoms with Crippen molar-refractivity contribution in [2.45, 2.75) is 105 Å². The second-order valence-corrected chi connectivity index (χ2v) is 19.7. The number of pyridine rings is 1. The molecule has 0 saturated heterocycles. The maximum absolute atomic E-state index is 7.55. The van der Waals surface area contributed by atoms with Gasteiger partial charge in [-0.1, -0.05) is 156 Å². The van der Waals surface area contributed by atoms with Crippen LogP contribution in [-0.2, 0) is 21.7 Å². The number of benzene rings is 4. The number of rotatable bonds is 9. The average molecular weight is 720 g/mol. The van der Waals surface area contributed by atoms with Gasteiger partial charge in [0.2, 0.25) is 0 Å². The van der Waals surface area contributed by atoms with E-state index in [9.17, 15) is 0 Å². The summed E-state index contributed by atoms with van der Waals surface area (Å²) in [5.41, 5.74) is 6.16. The van der Waals surface area contributed by atoms with E-state index < -0.39 is 8.15 Å². The first-order valence-corrected chi connectivity index (χ1v) is 19.9. The van der Waals surface area contributed by atoms with Crippen molar-refractivity contribution in [3.05, 3.63) is 132 Å². The van der Waals surface area contributed by atoms with Gasteiger partial charge < -0.3 is 13.6 Å². The van der Waals surface area contributed by atoms with Crippen molar-refractivity contribution in [3.8, 4) is 28.4 Å². The zero-order valence-electron chi connectivity index (χ0n) is 32.5. The van der Waals surface area contributed by atoms with Crippen molar-refractivity contribution in [1.82, 2.24) is 4.98 Å². The second kappa shape index (κ2) is 15.1. The molecule has 0 bridgehead atoms. The highest BCUT2D eigenvalue weighted by atomic mass is 31.1. The fourth-order valence-electron chi connectivity index (χ4n) is 5.84. The highest BCUT2D eigenvalue weighted by Crippen LogP contribution is 2.53. The lowest BCUT2D eigenvalue weighted by Crippen LogP contribution is -2.21. The molecule has 0 N–H and O–H groups in total. The summed E-state index contributed by atoms with van der Waals surface area (Å²) in [6.45, 7) is 27.3. The monoisotopic (exact) mass is 719 g/mol. The fourth-order valence-corrected chi connectivity index (χ4v) is 8.17. The highest BCUT2D eigenvalue weighted by molar-refractivity contribution is 7.68. The Morgan fingerprint density at radius 1 is 0.510 bits per heavy atom. The van der Waals surface area contributed by atoms with E-state index in [1.165, 1.54) is 16.7 Å². The van der Waals surface area contributed by atoms with E-state index in [4.69, 9.17) is 13.6 Å². The van der Waals surface area contributed by atoms with Gasteiger partial charge >= 0.3 is 0 Å². The standard InChI is InChI=1S/C45H55NO3P2/c1-42(2,3)31-26-36(40(38(28-31)44(7,8)9)48-50-47-33-20-19-25-46-30-33)37-27-32(43(4,5)6)29-39(45(10,11)12)41(37)49-51(34-21-15-13-16-22-34)35-23-17-14-18-24-35/h13-30,50H,1-12H3. The van der Waals surface area contributed by atoms with Gasteiger partial charge in [0.05, 0.1) is 6.20 Å². The van der Waals surface area contributed by atoms with Crippen LogP contribution in [0.2, 0.25) is 0 Å². The summed E-state index contributed by atoms with van der Waals surface area (Å²) in [4.78, 5) is 4.23. The van der Waals surface area contributed by atoms with Crippen molar-refractivity contribution in [1.29, 1.82) is 0 Å². The van der Waals surface area contributed by atoms with Gasteiger partial charge in [-0.25, -0.2) is 0 Å². The van der Waals surface area contributed by atoms with Crippen LogP contribution >= 0.6 is 17.2 Å². The average Bonchev–Trinajstić information content (AvgIpc) is 3.06. The van der Waals surface area contributed by atoms with Crippen molar-refractivity contribution in [2.24, 2.45) is 0 Å². The van der Waals surface area contributed by atoms with E-state index in [1.54, 1.807) is 12.4 Å². The zero-order valence-corrected chi connectivity index (χ0v) is 34.4.